The van der Waals surface area contributed by atoms with Gasteiger partial charge in [0.25, 0.3) is 5.91 Å². The molecule has 1 amide bonds. The lowest BCUT2D eigenvalue weighted by Crippen LogP contribution is -2.42. The monoisotopic (exact) mass is 312 g/mol. The standard InChI is InChI=1S/C17H16N2O4/c1-2-22-17(21)11-8-9-14-13(10-11)19-15(20)16(23-14)18-12-6-4-3-5-7-12/h3-10,16,18H,2H2,1H3,(H,19,20). The number of esters is 1. The van der Waals surface area contributed by atoms with Gasteiger partial charge < -0.3 is 20.1 Å². The number of ether oxygens (including phenoxy) is 2. The number of hydrogen-bond acceptors (Lipinski definition) is 5. The van der Waals surface area contributed by atoms with E-state index in [1.54, 1.807) is 25.1 Å². The lowest BCUT2D eigenvalue weighted by molar-refractivity contribution is -0.122. The average molecular weight is 312 g/mol. The van der Waals surface area contributed by atoms with Crippen molar-refractivity contribution in [1.29, 1.82) is 0 Å². The summed E-state index contributed by atoms with van der Waals surface area (Å²) in [4.78, 5) is 23.9. The quantitative estimate of drug-likeness (QED) is 0.849. The summed E-state index contributed by atoms with van der Waals surface area (Å²) in [5, 5.41) is 5.74. The minimum Gasteiger partial charge on any atom is -0.462 e. The smallest absolute Gasteiger partial charge is 0.338 e. The van der Waals surface area contributed by atoms with Crippen LogP contribution in [0.2, 0.25) is 0 Å². The zero-order valence-electron chi connectivity index (χ0n) is 12.5. The molecule has 1 heterocycles. The van der Waals surface area contributed by atoms with Crippen molar-refractivity contribution in [3.63, 3.8) is 0 Å². The Bertz CT molecular complexity index is 731. The van der Waals surface area contributed by atoms with Crippen LogP contribution in [0.1, 0.15) is 17.3 Å². The van der Waals surface area contributed by atoms with Crippen molar-refractivity contribution < 1.29 is 19.1 Å². The number of benzene rings is 2. The van der Waals surface area contributed by atoms with Gasteiger partial charge in [0.1, 0.15) is 5.75 Å². The van der Waals surface area contributed by atoms with Crippen LogP contribution in [-0.4, -0.2) is 24.7 Å². The van der Waals surface area contributed by atoms with Gasteiger partial charge in [0.15, 0.2) is 0 Å². The SMILES string of the molecule is CCOC(=O)c1ccc2c(c1)NC(=O)C(Nc1ccccc1)O2. The molecule has 0 aromatic heterocycles. The molecule has 1 aliphatic heterocycles. The number of rotatable bonds is 4. The summed E-state index contributed by atoms with van der Waals surface area (Å²) in [6.07, 6.45) is -0.835. The van der Waals surface area contributed by atoms with Gasteiger partial charge in [-0.1, -0.05) is 18.2 Å². The molecule has 6 heteroatoms. The second-order valence-electron chi connectivity index (χ2n) is 4.93. The Morgan fingerprint density at radius 3 is 2.78 bits per heavy atom. The highest BCUT2D eigenvalue weighted by Crippen LogP contribution is 2.31. The highest BCUT2D eigenvalue weighted by atomic mass is 16.5. The number of carbonyl (C=O) groups is 2. The predicted octanol–water partition coefficient (Wildman–Crippen LogP) is 2.63. The van der Waals surface area contributed by atoms with Gasteiger partial charge in [0, 0.05) is 5.69 Å². The molecule has 6 nitrogen and oxygen atoms in total. The molecule has 118 valence electrons. The minimum atomic E-state index is -0.835. The summed E-state index contributed by atoms with van der Waals surface area (Å²) in [5.74, 6) is -0.275. The van der Waals surface area contributed by atoms with E-state index in [1.807, 2.05) is 30.3 Å². The molecule has 0 aliphatic carbocycles. The first-order valence-corrected chi connectivity index (χ1v) is 7.27. The third kappa shape index (κ3) is 3.26. The van der Waals surface area contributed by atoms with Gasteiger partial charge in [-0.3, -0.25) is 4.79 Å². The van der Waals surface area contributed by atoms with E-state index >= 15 is 0 Å². The van der Waals surface area contributed by atoms with E-state index < -0.39 is 12.2 Å². The zero-order chi connectivity index (χ0) is 16.2. The number of carbonyl (C=O) groups excluding carboxylic acids is 2. The normalized spacial score (nSPS) is 15.9. The number of hydrogen-bond donors (Lipinski definition) is 2. The van der Waals surface area contributed by atoms with E-state index in [0.717, 1.165) is 5.69 Å². The fourth-order valence-corrected chi connectivity index (χ4v) is 2.23. The van der Waals surface area contributed by atoms with Crippen molar-refractivity contribution in [2.75, 3.05) is 17.2 Å². The molecule has 1 aliphatic rings. The molecular formula is C17H16N2O4. The van der Waals surface area contributed by atoms with Crippen LogP contribution < -0.4 is 15.4 Å². The Kier molecular flexibility index (Phi) is 4.14. The van der Waals surface area contributed by atoms with Crippen LogP contribution in [0.4, 0.5) is 11.4 Å². The molecule has 1 atom stereocenters. The Balaban J connectivity index is 1.78. The Labute approximate surface area is 133 Å². The summed E-state index contributed by atoms with van der Waals surface area (Å²) < 4.78 is 10.6. The van der Waals surface area contributed by atoms with Gasteiger partial charge in [-0.05, 0) is 37.3 Å². The Morgan fingerprint density at radius 2 is 2.04 bits per heavy atom. The number of nitrogens with one attached hydrogen (secondary N) is 2. The summed E-state index contributed by atoms with van der Waals surface area (Å²) >= 11 is 0. The van der Waals surface area contributed by atoms with Crippen molar-refractivity contribution >= 4 is 23.3 Å². The van der Waals surface area contributed by atoms with E-state index in [9.17, 15) is 9.59 Å². The van der Waals surface area contributed by atoms with Crippen molar-refractivity contribution in [1.82, 2.24) is 0 Å². The number of anilines is 2. The first kappa shape index (κ1) is 14.9. The lowest BCUT2D eigenvalue weighted by Gasteiger charge is -2.27. The van der Waals surface area contributed by atoms with Crippen LogP contribution in [0.5, 0.6) is 5.75 Å². The van der Waals surface area contributed by atoms with Crippen molar-refractivity contribution in [3.8, 4) is 5.75 Å². The highest BCUT2D eigenvalue weighted by Gasteiger charge is 2.28. The average Bonchev–Trinajstić information content (AvgIpc) is 2.56. The Hall–Kier alpha value is -3.02. The highest BCUT2D eigenvalue weighted by molar-refractivity contribution is 6.00. The third-order valence-electron chi connectivity index (χ3n) is 3.30. The second kappa shape index (κ2) is 6.39. The van der Waals surface area contributed by atoms with Crippen molar-refractivity contribution in [2.24, 2.45) is 0 Å². The summed E-state index contributed by atoms with van der Waals surface area (Å²) in [6.45, 7) is 2.03. The minimum absolute atomic E-state index is 0.293. The first-order chi connectivity index (χ1) is 11.2. The fourth-order valence-electron chi connectivity index (χ4n) is 2.23. The van der Waals surface area contributed by atoms with E-state index in [2.05, 4.69) is 10.6 Å². The topological polar surface area (TPSA) is 76.7 Å². The maximum Gasteiger partial charge on any atom is 0.338 e. The molecule has 1 unspecified atom stereocenters. The molecule has 2 N–H and O–H groups in total. The molecular weight excluding hydrogens is 296 g/mol. The van der Waals surface area contributed by atoms with Crippen LogP contribution in [0.25, 0.3) is 0 Å². The van der Waals surface area contributed by atoms with Crippen LogP contribution in [-0.2, 0) is 9.53 Å². The van der Waals surface area contributed by atoms with Gasteiger partial charge in [0.05, 0.1) is 17.9 Å². The van der Waals surface area contributed by atoms with Gasteiger partial charge in [-0.15, -0.1) is 0 Å². The number of fused-ring (bicyclic) bond motifs is 1. The van der Waals surface area contributed by atoms with Gasteiger partial charge in [-0.2, -0.15) is 0 Å². The summed E-state index contributed by atoms with van der Waals surface area (Å²) in [6, 6.07) is 14.1. The molecule has 0 spiro atoms. The largest absolute Gasteiger partial charge is 0.462 e. The molecule has 3 rings (SSSR count). The van der Waals surface area contributed by atoms with E-state index in [1.165, 1.54) is 0 Å². The second-order valence-corrected chi connectivity index (χ2v) is 4.93. The van der Waals surface area contributed by atoms with E-state index in [4.69, 9.17) is 9.47 Å². The summed E-state index contributed by atoms with van der Waals surface area (Å²) in [5.41, 5.74) is 1.59. The third-order valence-corrected chi connectivity index (χ3v) is 3.30. The number of para-hydroxylation sites is 1. The van der Waals surface area contributed by atoms with Gasteiger partial charge in [-0.25, -0.2) is 4.79 Å². The molecule has 0 radical (unpaired) electrons. The molecule has 2 aromatic rings. The lowest BCUT2D eigenvalue weighted by atomic mass is 10.1. The maximum atomic E-state index is 12.2. The summed E-state index contributed by atoms with van der Waals surface area (Å²) in [7, 11) is 0. The first-order valence-electron chi connectivity index (χ1n) is 7.27. The van der Waals surface area contributed by atoms with E-state index in [0.29, 0.717) is 23.6 Å². The van der Waals surface area contributed by atoms with E-state index in [-0.39, 0.29) is 5.91 Å². The number of amides is 1. The molecule has 0 saturated carbocycles. The Morgan fingerprint density at radius 1 is 1.26 bits per heavy atom. The molecule has 2 aromatic carbocycles. The van der Waals surface area contributed by atoms with Crippen molar-refractivity contribution in [3.05, 3.63) is 54.1 Å². The fraction of sp³-hybridized carbons (Fsp3) is 0.176. The zero-order valence-corrected chi connectivity index (χ0v) is 12.5. The van der Waals surface area contributed by atoms with Crippen LogP contribution in [0.3, 0.4) is 0 Å². The molecule has 23 heavy (non-hydrogen) atoms. The molecule has 0 fully saturated rings. The predicted molar refractivity (Wildman–Crippen MR) is 85.5 cm³/mol. The van der Waals surface area contributed by atoms with Crippen molar-refractivity contribution in [2.45, 2.75) is 13.2 Å². The van der Waals surface area contributed by atoms with Gasteiger partial charge >= 0.3 is 5.97 Å². The molecule has 0 bridgehead atoms. The van der Waals surface area contributed by atoms with Crippen LogP contribution in [0, 0.1) is 0 Å². The van der Waals surface area contributed by atoms with Gasteiger partial charge in [0.2, 0.25) is 6.23 Å². The maximum absolute atomic E-state index is 12.2. The van der Waals surface area contributed by atoms with Crippen LogP contribution in [0.15, 0.2) is 48.5 Å². The van der Waals surface area contributed by atoms with Crippen LogP contribution >= 0.6 is 0 Å². The molecule has 0 saturated heterocycles.